The molecule has 0 aliphatic carbocycles. The van der Waals surface area contributed by atoms with Crippen molar-refractivity contribution in [3.05, 3.63) is 83.4 Å². The SMILES string of the molecule is C[C@H](OC(=O)c1ccc(C(N)=O)cc1)c1ccc(-n2cccn2)c(F)c1. The van der Waals surface area contributed by atoms with Crippen molar-refractivity contribution in [2.24, 2.45) is 5.73 Å². The molecule has 0 radical (unpaired) electrons. The number of primary amides is 1. The van der Waals surface area contributed by atoms with Gasteiger partial charge < -0.3 is 10.5 Å². The molecule has 0 saturated heterocycles. The number of carbonyl (C=O) groups excluding carboxylic acids is 2. The number of benzene rings is 2. The summed E-state index contributed by atoms with van der Waals surface area (Å²) in [6.07, 6.45) is 2.54. The van der Waals surface area contributed by atoms with E-state index in [1.807, 2.05) is 0 Å². The highest BCUT2D eigenvalue weighted by molar-refractivity contribution is 5.95. The highest BCUT2D eigenvalue weighted by Crippen LogP contribution is 2.23. The van der Waals surface area contributed by atoms with Crippen molar-refractivity contribution in [3.8, 4) is 5.69 Å². The van der Waals surface area contributed by atoms with Gasteiger partial charge in [0, 0.05) is 18.0 Å². The Bertz CT molecular complexity index is 937. The van der Waals surface area contributed by atoms with Gasteiger partial charge in [-0.3, -0.25) is 4.79 Å². The van der Waals surface area contributed by atoms with Crippen LogP contribution in [-0.4, -0.2) is 21.7 Å². The highest BCUT2D eigenvalue weighted by atomic mass is 19.1. The normalized spacial score (nSPS) is 11.8. The number of rotatable bonds is 5. The summed E-state index contributed by atoms with van der Waals surface area (Å²) in [5.74, 6) is -1.63. The Kier molecular flexibility index (Phi) is 4.79. The number of esters is 1. The number of aromatic nitrogens is 2. The third kappa shape index (κ3) is 3.61. The van der Waals surface area contributed by atoms with E-state index in [1.54, 1.807) is 37.5 Å². The van der Waals surface area contributed by atoms with Gasteiger partial charge in [0.2, 0.25) is 5.91 Å². The molecule has 1 amide bonds. The lowest BCUT2D eigenvalue weighted by molar-refractivity contribution is 0.0337. The molecule has 0 fully saturated rings. The van der Waals surface area contributed by atoms with Crippen molar-refractivity contribution in [1.82, 2.24) is 9.78 Å². The first-order valence-corrected chi connectivity index (χ1v) is 7.86. The van der Waals surface area contributed by atoms with Crippen molar-refractivity contribution in [1.29, 1.82) is 0 Å². The third-order valence-electron chi connectivity index (χ3n) is 3.88. The van der Waals surface area contributed by atoms with Crippen LogP contribution in [0.2, 0.25) is 0 Å². The molecule has 6 nitrogen and oxygen atoms in total. The minimum absolute atomic E-state index is 0.274. The van der Waals surface area contributed by atoms with Gasteiger partial charge in [-0.05, 0) is 55.0 Å². The molecule has 1 atom stereocenters. The molecule has 0 saturated carbocycles. The number of nitrogens with two attached hydrogens (primary N) is 1. The lowest BCUT2D eigenvalue weighted by Gasteiger charge is -2.15. The smallest absolute Gasteiger partial charge is 0.338 e. The first-order chi connectivity index (χ1) is 12.5. The molecule has 26 heavy (non-hydrogen) atoms. The van der Waals surface area contributed by atoms with Crippen LogP contribution in [0.5, 0.6) is 0 Å². The Morgan fingerprint density at radius 2 is 1.85 bits per heavy atom. The largest absolute Gasteiger partial charge is 0.454 e. The fraction of sp³-hybridized carbons (Fsp3) is 0.105. The molecule has 3 rings (SSSR count). The highest BCUT2D eigenvalue weighted by Gasteiger charge is 2.16. The lowest BCUT2D eigenvalue weighted by atomic mass is 10.1. The van der Waals surface area contributed by atoms with Gasteiger partial charge in [-0.1, -0.05) is 6.07 Å². The lowest BCUT2D eigenvalue weighted by Crippen LogP contribution is -2.12. The van der Waals surface area contributed by atoms with E-state index in [0.29, 0.717) is 16.8 Å². The summed E-state index contributed by atoms with van der Waals surface area (Å²) in [4.78, 5) is 23.3. The number of amides is 1. The summed E-state index contributed by atoms with van der Waals surface area (Å²) in [5, 5.41) is 3.99. The van der Waals surface area contributed by atoms with Gasteiger partial charge >= 0.3 is 5.97 Å². The molecule has 0 unspecified atom stereocenters. The predicted octanol–water partition coefficient (Wildman–Crippen LogP) is 3.03. The van der Waals surface area contributed by atoms with Crippen molar-refractivity contribution >= 4 is 11.9 Å². The van der Waals surface area contributed by atoms with E-state index in [-0.39, 0.29) is 5.56 Å². The topological polar surface area (TPSA) is 87.2 Å². The Morgan fingerprint density at radius 3 is 2.42 bits per heavy atom. The molecular formula is C19H16FN3O3. The van der Waals surface area contributed by atoms with E-state index >= 15 is 0 Å². The zero-order valence-corrected chi connectivity index (χ0v) is 13.9. The number of hydrogen-bond donors (Lipinski definition) is 1. The van der Waals surface area contributed by atoms with E-state index in [2.05, 4.69) is 5.10 Å². The summed E-state index contributed by atoms with van der Waals surface area (Å²) < 4.78 is 21.1. The number of nitrogens with zero attached hydrogens (tertiary/aromatic N) is 2. The van der Waals surface area contributed by atoms with E-state index < -0.39 is 23.8 Å². The maximum Gasteiger partial charge on any atom is 0.338 e. The monoisotopic (exact) mass is 353 g/mol. The first kappa shape index (κ1) is 17.3. The molecule has 132 valence electrons. The first-order valence-electron chi connectivity index (χ1n) is 7.86. The summed E-state index contributed by atoms with van der Waals surface area (Å²) in [5.41, 5.74) is 6.55. The minimum atomic E-state index is -0.653. The molecule has 0 bridgehead atoms. The van der Waals surface area contributed by atoms with Crippen molar-refractivity contribution < 1.29 is 18.7 Å². The van der Waals surface area contributed by atoms with Crippen molar-refractivity contribution in [2.45, 2.75) is 13.0 Å². The van der Waals surface area contributed by atoms with Crippen molar-refractivity contribution in [2.75, 3.05) is 0 Å². The Labute approximate surface area is 149 Å². The standard InChI is InChI=1S/C19H16FN3O3/c1-12(26-19(25)14-5-3-13(4-6-14)18(21)24)15-7-8-17(16(20)11-15)23-10-2-9-22-23/h2-12H,1H3,(H2,21,24)/t12-/m0/s1. The van der Waals surface area contributed by atoms with Gasteiger partial charge in [0.15, 0.2) is 0 Å². The van der Waals surface area contributed by atoms with E-state index in [0.717, 1.165) is 0 Å². The van der Waals surface area contributed by atoms with Crippen molar-refractivity contribution in [3.63, 3.8) is 0 Å². The van der Waals surface area contributed by atoms with Gasteiger partial charge in [0.05, 0.1) is 5.56 Å². The second-order valence-corrected chi connectivity index (χ2v) is 5.65. The quantitative estimate of drug-likeness (QED) is 0.714. The molecule has 1 aromatic heterocycles. The second kappa shape index (κ2) is 7.18. The summed E-state index contributed by atoms with van der Waals surface area (Å²) in [7, 11) is 0. The van der Waals surface area contributed by atoms with E-state index in [4.69, 9.17) is 10.5 Å². The fourth-order valence-corrected chi connectivity index (χ4v) is 2.44. The molecular weight excluding hydrogens is 337 g/mol. The Hall–Kier alpha value is -3.48. The Morgan fingerprint density at radius 1 is 1.15 bits per heavy atom. The molecule has 0 spiro atoms. The van der Waals surface area contributed by atoms with E-state index in [9.17, 15) is 14.0 Å². The third-order valence-corrected chi connectivity index (χ3v) is 3.88. The molecule has 2 aromatic carbocycles. The van der Waals surface area contributed by atoms with Crippen LogP contribution in [0.4, 0.5) is 4.39 Å². The van der Waals surface area contributed by atoms with Gasteiger partial charge in [-0.15, -0.1) is 0 Å². The van der Waals surface area contributed by atoms with Crippen LogP contribution in [0.1, 0.15) is 39.3 Å². The number of halogens is 1. The maximum atomic E-state index is 14.3. The van der Waals surface area contributed by atoms with Gasteiger partial charge in [0.25, 0.3) is 0 Å². The molecule has 2 N–H and O–H groups in total. The minimum Gasteiger partial charge on any atom is -0.454 e. The summed E-state index contributed by atoms with van der Waals surface area (Å²) in [6.45, 7) is 1.65. The van der Waals surface area contributed by atoms with E-state index in [1.165, 1.54) is 35.0 Å². The number of hydrogen-bond acceptors (Lipinski definition) is 4. The Balaban J connectivity index is 1.73. The maximum absolute atomic E-state index is 14.3. The molecule has 3 aromatic rings. The van der Waals surface area contributed by atoms with Gasteiger partial charge in [-0.25, -0.2) is 13.9 Å². The summed E-state index contributed by atoms with van der Waals surface area (Å²) >= 11 is 0. The fourth-order valence-electron chi connectivity index (χ4n) is 2.44. The summed E-state index contributed by atoms with van der Waals surface area (Å²) in [6, 6.07) is 12.1. The van der Waals surface area contributed by atoms with Gasteiger partial charge in [0.1, 0.15) is 17.6 Å². The van der Waals surface area contributed by atoms with Crippen LogP contribution in [0.15, 0.2) is 60.9 Å². The molecule has 7 heteroatoms. The number of carbonyl (C=O) groups is 2. The van der Waals surface area contributed by atoms with Crippen LogP contribution >= 0.6 is 0 Å². The van der Waals surface area contributed by atoms with Crippen LogP contribution in [0, 0.1) is 5.82 Å². The average molecular weight is 353 g/mol. The number of ether oxygens (including phenoxy) is 1. The van der Waals surface area contributed by atoms with Crippen LogP contribution < -0.4 is 5.73 Å². The molecule has 1 heterocycles. The molecule has 0 aliphatic rings. The van der Waals surface area contributed by atoms with Crippen LogP contribution in [0.25, 0.3) is 5.69 Å². The molecule has 0 aliphatic heterocycles. The zero-order chi connectivity index (χ0) is 18.7. The predicted molar refractivity (Wildman–Crippen MR) is 92.3 cm³/mol. The van der Waals surface area contributed by atoms with Crippen LogP contribution in [-0.2, 0) is 4.74 Å². The van der Waals surface area contributed by atoms with Gasteiger partial charge in [-0.2, -0.15) is 5.10 Å². The average Bonchev–Trinajstić information content (AvgIpc) is 3.16. The van der Waals surface area contributed by atoms with Crippen LogP contribution in [0.3, 0.4) is 0 Å². The zero-order valence-electron chi connectivity index (χ0n) is 13.9. The second-order valence-electron chi connectivity index (χ2n) is 5.65.